The van der Waals surface area contributed by atoms with E-state index in [0.29, 0.717) is 32.9 Å². The van der Waals surface area contributed by atoms with Crippen LogP contribution < -0.4 is 9.64 Å². The maximum atomic E-state index is 12.4. The zero-order valence-corrected chi connectivity index (χ0v) is 12.9. The molecular weight excluding hydrogens is 284 g/mol. The van der Waals surface area contributed by atoms with Gasteiger partial charge in [-0.15, -0.1) is 0 Å². The Morgan fingerprint density at radius 2 is 2.05 bits per heavy atom. The second kappa shape index (κ2) is 6.98. The third-order valence-electron chi connectivity index (χ3n) is 4.10. The number of benzene rings is 1. The zero-order valence-electron chi connectivity index (χ0n) is 12.9. The third kappa shape index (κ3) is 3.34. The van der Waals surface area contributed by atoms with Gasteiger partial charge in [0.25, 0.3) is 5.91 Å². The molecule has 2 aliphatic rings. The Morgan fingerprint density at radius 1 is 1.23 bits per heavy atom. The SMILES string of the molecule is COc1cccc(N2CCN(C(=O)[C@H]3COCCO3)CC2)c1. The lowest BCUT2D eigenvalue weighted by molar-refractivity contribution is -0.158. The fraction of sp³-hybridized carbons (Fsp3) is 0.562. The molecule has 1 aromatic carbocycles. The summed E-state index contributed by atoms with van der Waals surface area (Å²) in [5.41, 5.74) is 1.13. The minimum Gasteiger partial charge on any atom is -0.497 e. The summed E-state index contributed by atoms with van der Waals surface area (Å²) in [6.07, 6.45) is -0.433. The van der Waals surface area contributed by atoms with Crippen LogP contribution in [0.25, 0.3) is 0 Å². The predicted molar refractivity (Wildman–Crippen MR) is 82.3 cm³/mol. The average Bonchev–Trinajstić information content (AvgIpc) is 2.62. The number of anilines is 1. The number of nitrogens with zero attached hydrogens (tertiary/aromatic N) is 2. The number of amides is 1. The zero-order chi connectivity index (χ0) is 15.4. The van der Waals surface area contributed by atoms with E-state index in [4.69, 9.17) is 14.2 Å². The first-order valence-electron chi connectivity index (χ1n) is 7.65. The van der Waals surface area contributed by atoms with Crippen LogP contribution in [0, 0.1) is 0 Å². The van der Waals surface area contributed by atoms with Crippen molar-refractivity contribution in [2.45, 2.75) is 6.10 Å². The summed E-state index contributed by atoms with van der Waals surface area (Å²) in [4.78, 5) is 16.5. The van der Waals surface area contributed by atoms with Crippen LogP contribution in [-0.2, 0) is 14.3 Å². The van der Waals surface area contributed by atoms with E-state index >= 15 is 0 Å². The van der Waals surface area contributed by atoms with Crippen molar-refractivity contribution in [3.8, 4) is 5.75 Å². The molecule has 0 radical (unpaired) electrons. The van der Waals surface area contributed by atoms with E-state index in [-0.39, 0.29) is 5.91 Å². The number of carbonyl (C=O) groups is 1. The van der Waals surface area contributed by atoms with Gasteiger partial charge in [-0.1, -0.05) is 6.07 Å². The van der Waals surface area contributed by atoms with Gasteiger partial charge in [-0.2, -0.15) is 0 Å². The Bertz CT molecular complexity index is 509. The Balaban J connectivity index is 1.56. The number of methoxy groups -OCH3 is 1. The molecule has 0 unspecified atom stereocenters. The van der Waals surface area contributed by atoms with Gasteiger partial charge in [-0.05, 0) is 12.1 Å². The highest BCUT2D eigenvalue weighted by Gasteiger charge is 2.29. The van der Waals surface area contributed by atoms with Gasteiger partial charge >= 0.3 is 0 Å². The van der Waals surface area contributed by atoms with E-state index < -0.39 is 6.10 Å². The van der Waals surface area contributed by atoms with Crippen LogP contribution in [-0.4, -0.2) is 70.0 Å². The van der Waals surface area contributed by atoms with Crippen molar-refractivity contribution in [2.24, 2.45) is 0 Å². The number of hydrogen-bond donors (Lipinski definition) is 0. The lowest BCUT2D eigenvalue weighted by Gasteiger charge is -2.38. The highest BCUT2D eigenvalue weighted by atomic mass is 16.6. The molecule has 0 bridgehead atoms. The van der Waals surface area contributed by atoms with Crippen molar-refractivity contribution >= 4 is 11.6 Å². The van der Waals surface area contributed by atoms with Gasteiger partial charge in [-0.3, -0.25) is 4.79 Å². The standard InChI is InChI=1S/C16H22N2O4/c1-20-14-4-2-3-13(11-14)17-5-7-18(8-6-17)16(19)15-12-21-9-10-22-15/h2-4,11,15H,5-10,12H2,1H3/t15-/m1/s1. The molecule has 3 rings (SSSR count). The van der Waals surface area contributed by atoms with Crippen LogP contribution >= 0.6 is 0 Å². The van der Waals surface area contributed by atoms with Crippen LogP contribution in [0.4, 0.5) is 5.69 Å². The summed E-state index contributed by atoms with van der Waals surface area (Å²) >= 11 is 0. The van der Waals surface area contributed by atoms with E-state index in [2.05, 4.69) is 11.0 Å². The van der Waals surface area contributed by atoms with Crippen LogP contribution in [0.2, 0.25) is 0 Å². The van der Waals surface area contributed by atoms with Gasteiger partial charge in [0.1, 0.15) is 5.75 Å². The Labute approximate surface area is 130 Å². The van der Waals surface area contributed by atoms with Gasteiger partial charge in [0, 0.05) is 37.9 Å². The lowest BCUT2D eigenvalue weighted by atomic mass is 10.2. The third-order valence-corrected chi connectivity index (χ3v) is 4.10. The average molecular weight is 306 g/mol. The summed E-state index contributed by atoms with van der Waals surface area (Å²) in [5.74, 6) is 0.897. The molecule has 2 heterocycles. The molecule has 22 heavy (non-hydrogen) atoms. The lowest BCUT2D eigenvalue weighted by Crippen LogP contribution is -2.53. The topological polar surface area (TPSA) is 51.2 Å². The van der Waals surface area contributed by atoms with Crippen LogP contribution in [0.15, 0.2) is 24.3 Å². The molecule has 0 aliphatic carbocycles. The van der Waals surface area contributed by atoms with Crippen molar-refractivity contribution in [3.63, 3.8) is 0 Å². The first kappa shape index (κ1) is 15.1. The summed E-state index contributed by atoms with van der Waals surface area (Å²) in [6, 6.07) is 8.01. The molecule has 0 aromatic heterocycles. The summed E-state index contributed by atoms with van der Waals surface area (Å²) in [7, 11) is 1.67. The second-order valence-corrected chi connectivity index (χ2v) is 5.45. The molecule has 2 saturated heterocycles. The number of ether oxygens (including phenoxy) is 3. The molecular formula is C16H22N2O4. The fourth-order valence-electron chi connectivity index (χ4n) is 2.83. The molecule has 1 atom stereocenters. The highest BCUT2D eigenvalue weighted by molar-refractivity contribution is 5.81. The minimum atomic E-state index is -0.433. The molecule has 6 nitrogen and oxygen atoms in total. The molecule has 0 saturated carbocycles. The van der Waals surface area contributed by atoms with Crippen molar-refractivity contribution in [1.82, 2.24) is 4.90 Å². The largest absolute Gasteiger partial charge is 0.497 e. The first-order chi connectivity index (χ1) is 10.8. The Hall–Kier alpha value is -1.79. The molecule has 2 fully saturated rings. The van der Waals surface area contributed by atoms with Gasteiger partial charge in [0.05, 0.1) is 26.9 Å². The maximum absolute atomic E-state index is 12.4. The summed E-state index contributed by atoms with van der Waals surface area (Å²) in [6.45, 7) is 4.48. The van der Waals surface area contributed by atoms with Gasteiger partial charge in [0.2, 0.25) is 0 Å². The minimum absolute atomic E-state index is 0.0463. The number of carbonyl (C=O) groups excluding carboxylic acids is 1. The van der Waals surface area contributed by atoms with Crippen molar-refractivity contribution < 1.29 is 19.0 Å². The molecule has 0 N–H and O–H groups in total. The number of rotatable bonds is 3. The van der Waals surface area contributed by atoms with Crippen molar-refractivity contribution in [3.05, 3.63) is 24.3 Å². The predicted octanol–water partition coefficient (Wildman–Crippen LogP) is 0.759. The molecule has 2 aliphatic heterocycles. The number of piperazine rings is 1. The quantitative estimate of drug-likeness (QED) is 0.825. The van der Waals surface area contributed by atoms with Crippen LogP contribution in [0.3, 0.4) is 0 Å². The van der Waals surface area contributed by atoms with Crippen LogP contribution in [0.5, 0.6) is 5.75 Å². The van der Waals surface area contributed by atoms with Crippen molar-refractivity contribution in [2.75, 3.05) is 58.0 Å². The molecule has 120 valence electrons. The van der Waals surface area contributed by atoms with E-state index in [1.807, 2.05) is 23.1 Å². The van der Waals surface area contributed by atoms with Crippen LogP contribution in [0.1, 0.15) is 0 Å². The monoisotopic (exact) mass is 306 g/mol. The summed E-state index contributed by atoms with van der Waals surface area (Å²) in [5, 5.41) is 0. The first-order valence-corrected chi connectivity index (χ1v) is 7.65. The van der Waals surface area contributed by atoms with E-state index in [9.17, 15) is 4.79 Å². The van der Waals surface area contributed by atoms with Gasteiger partial charge in [0.15, 0.2) is 6.10 Å². The smallest absolute Gasteiger partial charge is 0.254 e. The number of hydrogen-bond acceptors (Lipinski definition) is 5. The molecule has 0 spiro atoms. The second-order valence-electron chi connectivity index (χ2n) is 5.45. The van der Waals surface area contributed by atoms with Gasteiger partial charge < -0.3 is 24.0 Å². The molecule has 1 aromatic rings. The normalized spacial score (nSPS) is 22.5. The fourth-order valence-corrected chi connectivity index (χ4v) is 2.83. The van der Waals surface area contributed by atoms with Crippen molar-refractivity contribution in [1.29, 1.82) is 0 Å². The molecule has 1 amide bonds. The Kier molecular flexibility index (Phi) is 4.80. The molecule has 6 heteroatoms. The summed E-state index contributed by atoms with van der Waals surface area (Å²) < 4.78 is 16.1. The van der Waals surface area contributed by atoms with E-state index in [0.717, 1.165) is 24.5 Å². The highest BCUT2D eigenvalue weighted by Crippen LogP contribution is 2.22. The van der Waals surface area contributed by atoms with E-state index in [1.54, 1.807) is 7.11 Å². The van der Waals surface area contributed by atoms with E-state index in [1.165, 1.54) is 0 Å². The maximum Gasteiger partial charge on any atom is 0.254 e. The van der Waals surface area contributed by atoms with Gasteiger partial charge in [-0.25, -0.2) is 0 Å². The Morgan fingerprint density at radius 3 is 2.73 bits per heavy atom.